The first-order valence-corrected chi connectivity index (χ1v) is 13.8. The number of esters is 1. The molecule has 0 radical (unpaired) electrons. The lowest BCUT2D eigenvalue weighted by Gasteiger charge is -2.17. The number of aryl methyl sites for hydroxylation is 1. The van der Waals surface area contributed by atoms with Gasteiger partial charge in [0.15, 0.2) is 10.8 Å². The fraction of sp³-hybridized carbons (Fsp3) is 0.565. The molecule has 1 aliphatic carbocycles. The zero-order valence-electron chi connectivity index (χ0n) is 20.9. The molecule has 8 nitrogen and oxygen atoms in total. The minimum atomic E-state index is -4.53. The second-order valence-electron chi connectivity index (χ2n) is 8.51. The second-order valence-corrected chi connectivity index (χ2v) is 10.7. The zero-order chi connectivity index (χ0) is 27.5. The number of carbonyl (C=O) groups is 2. The summed E-state index contributed by atoms with van der Waals surface area (Å²) in [5, 5.41) is 10.4. The van der Waals surface area contributed by atoms with Crippen molar-refractivity contribution in [3.8, 4) is 0 Å². The van der Waals surface area contributed by atoms with E-state index in [9.17, 15) is 22.8 Å². The summed E-state index contributed by atoms with van der Waals surface area (Å²) >= 11 is 9.59. The number of methoxy groups -OCH3 is 1. The number of amides is 1. The van der Waals surface area contributed by atoms with Crippen molar-refractivity contribution in [2.45, 2.75) is 58.7 Å². The summed E-state index contributed by atoms with van der Waals surface area (Å²) in [4.78, 5) is 27.5. The van der Waals surface area contributed by atoms with E-state index in [1.807, 2.05) is 13.8 Å². The molecular weight excluding hydrogens is 595 g/mol. The molecule has 3 rings (SSSR count). The maximum Gasteiger partial charge on any atom is 0.436 e. The molecule has 204 valence electrons. The van der Waals surface area contributed by atoms with E-state index in [1.54, 1.807) is 11.8 Å². The van der Waals surface area contributed by atoms with Crippen LogP contribution in [0.2, 0.25) is 0 Å². The maximum atomic E-state index is 13.3. The van der Waals surface area contributed by atoms with E-state index in [2.05, 4.69) is 31.7 Å². The van der Waals surface area contributed by atoms with Crippen LogP contribution < -0.4 is 10.6 Å². The number of rotatable bonds is 10. The Labute approximate surface area is 231 Å². The lowest BCUT2D eigenvalue weighted by Crippen LogP contribution is -2.30. The van der Waals surface area contributed by atoms with Gasteiger partial charge in [0, 0.05) is 32.1 Å². The van der Waals surface area contributed by atoms with E-state index >= 15 is 0 Å². The number of aromatic nitrogens is 2. The molecule has 14 heteroatoms. The number of alkyl halides is 3. The van der Waals surface area contributed by atoms with Crippen LogP contribution in [0.3, 0.4) is 0 Å². The van der Waals surface area contributed by atoms with Gasteiger partial charge in [-0.05, 0) is 73.7 Å². The van der Waals surface area contributed by atoms with Crippen LogP contribution in [0.4, 0.5) is 18.2 Å². The number of carbonyl (C=O) groups excluding carboxylic acids is 2. The van der Waals surface area contributed by atoms with Crippen LogP contribution in [0, 0.1) is 6.92 Å². The van der Waals surface area contributed by atoms with Crippen molar-refractivity contribution in [1.82, 2.24) is 20.0 Å². The van der Waals surface area contributed by atoms with E-state index in [4.69, 9.17) is 17.0 Å². The number of ether oxygens (including phenoxy) is 1. The first-order chi connectivity index (χ1) is 17.4. The molecular formula is C23H29BrF3N5O3S2. The molecule has 0 atom stereocenters. The van der Waals surface area contributed by atoms with Crippen LogP contribution in [-0.2, 0) is 17.5 Å². The third-order valence-corrected chi connectivity index (χ3v) is 8.23. The van der Waals surface area contributed by atoms with Crippen molar-refractivity contribution in [2.75, 3.05) is 32.1 Å². The van der Waals surface area contributed by atoms with Gasteiger partial charge in [-0.2, -0.15) is 18.3 Å². The molecule has 0 spiro atoms. The summed E-state index contributed by atoms with van der Waals surface area (Å²) in [6.07, 6.45) is -2.38. The van der Waals surface area contributed by atoms with E-state index in [0.29, 0.717) is 47.2 Å². The van der Waals surface area contributed by atoms with Crippen molar-refractivity contribution in [1.29, 1.82) is 0 Å². The Morgan fingerprint density at radius 3 is 2.49 bits per heavy atom. The summed E-state index contributed by atoms with van der Waals surface area (Å²) in [6.45, 7) is 7.15. The van der Waals surface area contributed by atoms with E-state index < -0.39 is 17.8 Å². The van der Waals surface area contributed by atoms with Crippen molar-refractivity contribution < 1.29 is 27.5 Å². The van der Waals surface area contributed by atoms with Gasteiger partial charge in [-0.15, -0.1) is 11.3 Å². The Kier molecular flexibility index (Phi) is 9.62. The highest BCUT2D eigenvalue weighted by molar-refractivity contribution is 9.10. The van der Waals surface area contributed by atoms with Gasteiger partial charge in [-0.1, -0.05) is 0 Å². The van der Waals surface area contributed by atoms with Gasteiger partial charge in [0.25, 0.3) is 5.91 Å². The van der Waals surface area contributed by atoms with Gasteiger partial charge in [0.05, 0.1) is 27.7 Å². The van der Waals surface area contributed by atoms with Crippen molar-refractivity contribution in [3.05, 3.63) is 31.9 Å². The fourth-order valence-electron chi connectivity index (χ4n) is 3.94. The van der Waals surface area contributed by atoms with Crippen LogP contribution >= 0.6 is 39.5 Å². The largest absolute Gasteiger partial charge is 0.465 e. The monoisotopic (exact) mass is 623 g/mol. The number of hydrogen-bond donors (Lipinski definition) is 2. The van der Waals surface area contributed by atoms with Gasteiger partial charge in [-0.3, -0.25) is 9.48 Å². The molecule has 1 aliphatic rings. The molecule has 2 heterocycles. The highest BCUT2D eigenvalue weighted by atomic mass is 79.9. The number of nitrogens with one attached hydrogen (secondary N) is 2. The lowest BCUT2D eigenvalue weighted by atomic mass is 10.1. The minimum absolute atomic E-state index is 0.0196. The van der Waals surface area contributed by atoms with Crippen molar-refractivity contribution in [2.24, 2.45) is 0 Å². The third kappa shape index (κ3) is 6.63. The molecule has 0 bridgehead atoms. The Balaban J connectivity index is 1.66. The number of hydrogen-bond acceptors (Lipinski definition) is 6. The van der Waals surface area contributed by atoms with Gasteiger partial charge in [0.1, 0.15) is 5.00 Å². The summed E-state index contributed by atoms with van der Waals surface area (Å²) in [5.41, 5.74) is 0.423. The van der Waals surface area contributed by atoms with Gasteiger partial charge >= 0.3 is 12.1 Å². The number of nitrogens with zero attached hydrogens (tertiary/aromatic N) is 3. The van der Waals surface area contributed by atoms with E-state index in [1.165, 1.54) is 11.8 Å². The van der Waals surface area contributed by atoms with Crippen molar-refractivity contribution in [3.63, 3.8) is 0 Å². The Morgan fingerprint density at radius 1 is 1.30 bits per heavy atom. The van der Waals surface area contributed by atoms with E-state index in [0.717, 1.165) is 24.2 Å². The first-order valence-electron chi connectivity index (χ1n) is 11.8. The quantitative estimate of drug-likeness (QED) is 0.204. The fourth-order valence-corrected chi connectivity index (χ4v) is 6.21. The Bertz CT molecular complexity index is 1170. The SMILES string of the molecule is CCN(CC)C(=O)c1sc(NC(=S)NCCCn2nc(C(F)(F)F)c(Br)c2C2CC2)c(C(=O)OC)c1C. The predicted octanol–water partition coefficient (Wildman–Crippen LogP) is 5.56. The zero-order valence-corrected chi connectivity index (χ0v) is 24.1. The molecule has 0 aromatic carbocycles. The summed E-state index contributed by atoms with van der Waals surface area (Å²) in [5.74, 6) is -0.685. The summed E-state index contributed by atoms with van der Waals surface area (Å²) < 4.78 is 46.3. The average molecular weight is 625 g/mol. The molecule has 2 aromatic rings. The second kappa shape index (κ2) is 12.1. The third-order valence-electron chi connectivity index (χ3n) is 6.00. The predicted molar refractivity (Wildman–Crippen MR) is 143 cm³/mol. The van der Waals surface area contributed by atoms with Gasteiger partial charge in [0.2, 0.25) is 0 Å². The first kappa shape index (κ1) is 29.4. The van der Waals surface area contributed by atoms with E-state index in [-0.39, 0.29) is 33.5 Å². The molecule has 1 saturated carbocycles. The van der Waals surface area contributed by atoms with Crippen LogP contribution in [0.25, 0.3) is 0 Å². The lowest BCUT2D eigenvalue weighted by molar-refractivity contribution is -0.142. The molecule has 1 amide bonds. The van der Waals surface area contributed by atoms with Crippen LogP contribution in [0.5, 0.6) is 0 Å². The van der Waals surface area contributed by atoms with Crippen LogP contribution in [0.15, 0.2) is 4.47 Å². The number of halogens is 4. The topological polar surface area (TPSA) is 88.5 Å². The molecule has 0 aliphatic heterocycles. The minimum Gasteiger partial charge on any atom is -0.465 e. The maximum absolute atomic E-state index is 13.3. The number of anilines is 1. The van der Waals surface area contributed by atoms with Crippen molar-refractivity contribution >= 4 is 61.5 Å². The van der Waals surface area contributed by atoms with Gasteiger partial charge < -0.3 is 20.3 Å². The summed E-state index contributed by atoms with van der Waals surface area (Å²) in [7, 11) is 1.26. The normalized spacial score (nSPS) is 13.4. The smallest absolute Gasteiger partial charge is 0.436 e. The standard InChI is InChI=1S/C23H29BrF3N5O3S2/c1-5-31(6-2)20(33)17-12(3)14(21(34)35-4)19(37-17)29-22(36)28-10-7-11-32-16(13-8-9-13)15(24)18(30-32)23(25,26)27/h13H,5-11H2,1-4H3,(H2,28,29,36). The molecule has 2 N–H and O–H groups in total. The van der Waals surface area contributed by atoms with Crippen LogP contribution in [0.1, 0.15) is 76.0 Å². The average Bonchev–Trinajstić information content (AvgIpc) is 3.54. The highest BCUT2D eigenvalue weighted by Gasteiger charge is 2.41. The number of thiocarbonyl (C=S) groups is 1. The van der Waals surface area contributed by atoms with Gasteiger partial charge in [-0.25, -0.2) is 4.79 Å². The Morgan fingerprint density at radius 2 is 1.95 bits per heavy atom. The Hall–Kier alpha value is -2.19. The summed E-state index contributed by atoms with van der Waals surface area (Å²) in [6, 6.07) is 0. The highest BCUT2D eigenvalue weighted by Crippen LogP contribution is 2.47. The van der Waals surface area contributed by atoms with Crippen LogP contribution in [-0.4, -0.2) is 58.4 Å². The molecule has 1 fully saturated rings. The molecule has 2 aromatic heterocycles. The molecule has 37 heavy (non-hydrogen) atoms. The number of thiophene rings is 1. The molecule has 0 saturated heterocycles. The molecule has 0 unspecified atom stereocenters.